The van der Waals surface area contributed by atoms with E-state index in [1.807, 2.05) is 22.8 Å². The van der Waals surface area contributed by atoms with Crippen LogP contribution in [0.3, 0.4) is 0 Å². The van der Waals surface area contributed by atoms with E-state index >= 15 is 0 Å². The van der Waals surface area contributed by atoms with Gasteiger partial charge < -0.3 is 9.09 Å². The molecule has 5 nitrogen and oxygen atoms in total. The molecular weight excluding hydrogens is 366 g/mol. The monoisotopic (exact) mass is 377 g/mol. The molecule has 7 heteroatoms. The van der Waals surface area contributed by atoms with Gasteiger partial charge >= 0.3 is 5.91 Å². The number of nitrogens with zero attached hydrogens (tertiary/aromatic N) is 3. The molecule has 0 spiro atoms. The summed E-state index contributed by atoms with van der Waals surface area (Å²) < 4.78 is 8.89. The summed E-state index contributed by atoms with van der Waals surface area (Å²) in [7, 11) is 0. The Morgan fingerprint density at radius 3 is 3.05 bits per heavy atom. The first-order valence-electron chi connectivity index (χ1n) is 6.50. The summed E-state index contributed by atoms with van der Waals surface area (Å²) in [5, 5.41) is 3.70. The van der Waals surface area contributed by atoms with Gasteiger partial charge in [0.2, 0.25) is 0 Å². The van der Waals surface area contributed by atoms with Gasteiger partial charge in [-0.25, -0.2) is 0 Å². The van der Waals surface area contributed by atoms with Crippen molar-refractivity contribution in [3.8, 4) is 0 Å². The highest BCUT2D eigenvalue weighted by atomic mass is 79.9. The van der Waals surface area contributed by atoms with Crippen LogP contribution in [-0.2, 0) is 6.54 Å². The Hall–Kier alpha value is -1.99. The van der Waals surface area contributed by atoms with Crippen molar-refractivity contribution in [1.29, 1.82) is 0 Å². The average Bonchev–Trinajstić information content (AvgIpc) is 3.04. The number of amides is 1. The van der Waals surface area contributed by atoms with Crippen LogP contribution in [0.15, 0.2) is 50.9 Å². The molecule has 0 atom stereocenters. The summed E-state index contributed by atoms with van der Waals surface area (Å²) >= 11 is 4.90. The number of carbonyl (C=O) groups excluding carboxylic acids is 1. The van der Waals surface area contributed by atoms with Crippen molar-refractivity contribution < 1.29 is 9.32 Å². The van der Waals surface area contributed by atoms with Crippen molar-refractivity contribution in [2.75, 3.05) is 0 Å². The maximum absolute atomic E-state index is 12.2. The Bertz CT molecular complexity index is 936. The number of carbonyl (C=O) groups is 1. The molecule has 0 fully saturated rings. The SMILES string of the molecule is C=CCn1c(=NC(=O)c2cc(C)on2)sc2cc(Br)ccc21. The number of benzene rings is 1. The maximum Gasteiger partial charge on any atom is 0.301 e. The van der Waals surface area contributed by atoms with Crippen molar-refractivity contribution in [2.45, 2.75) is 13.5 Å². The Morgan fingerprint density at radius 2 is 2.36 bits per heavy atom. The smallest absolute Gasteiger partial charge is 0.301 e. The van der Waals surface area contributed by atoms with Crippen molar-refractivity contribution >= 4 is 43.4 Å². The molecule has 0 bridgehead atoms. The number of aryl methyl sites for hydroxylation is 1. The lowest BCUT2D eigenvalue weighted by Crippen LogP contribution is -2.16. The van der Waals surface area contributed by atoms with Crippen LogP contribution < -0.4 is 4.80 Å². The van der Waals surface area contributed by atoms with Gasteiger partial charge in [0.25, 0.3) is 0 Å². The lowest BCUT2D eigenvalue weighted by atomic mass is 10.3. The Balaban J connectivity index is 2.16. The summed E-state index contributed by atoms with van der Waals surface area (Å²) in [4.78, 5) is 17.0. The van der Waals surface area contributed by atoms with E-state index in [0.29, 0.717) is 17.1 Å². The molecule has 1 amide bonds. The summed E-state index contributed by atoms with van der Waals surface area (Å²) in [6, 6.07) is 7.53. The first-order chi connectivity index (χ1) is 10.6. The molecule has 0 aliphatic heterocycles. The molecule has 0 saturated carbocycles. The molecule has 112 valence electrons. The van der Waals surface area contributed by atoms with Gasteiger partial charge in [0.1, 0.15) is 5.76 Å². The van der Waals surface area contributed by atoms with Gasteiger partial charge in [0.05, 0.1) is 10.2 Å². The van der Waals surface area contributed by atoms with Crippen LogP contribution in [0.5, 0.6) is 0 Å². The Morgan fingerprint density at radius 1 is 1.55 bits per heavy atom. The highest BCUT2D eigenvalue weighted by Crippen LogP contribution is 2.22. The van der Waals surface area contributed by atoms with E-state index in [1.165, 1.54) is 11.3 Å². The van der Waals surface area contributed by atoms with Gasteiger partial charge in [-0.1, -0.05) is 38.5 Å². The number of allylic oxidation sites excluding steroid dienone is 1. The van der Waals surface area contributed by atoms with Crippen LogP contribution in [0.4, 0.5) is 0 Å². The van der Waals surface area contributed by atoms with Gasteiger partial charge in [-0.3, -0.25) is 4.79 Å². The zero-order valence-corrected chi connectivity index (χ0v) is 14.1. The fourth-order valence-electron chi connectivity index (χ4n) is 2.05. The molecule has 1 aromatic carbocycles. The molecule has 0 aliphatic carbocycles. The first kappa shape index (κ1) is 14.9. The molecule has 2 aromatic heterocycles. The molecule has 3 rings (SSSR count). The fraction of sp³-hybridized carbons (Fsp3) is 0.133. The van der Waals surface area contributed by atoms with E-state index < -0.39 is 5.91 Å². The minimum absolute atomic E-state index is 0.210. The molecule has 0 radical (unpaired) electrons. The van der Waals surface area contributed by atoms with Gasteiger partial charge in [-0.05, 0) is 25.1 Å². The number of hydrogen-bond acceptors (Lipinski definition) is 4. The van der Waals surface area contributed by atoms with Crippen LogP contribution in [-0.4, -0.2) is 15.6 Å². The summed E-state index contributed by atoms with van der Waals surface area (Å²) in [5.41, 5.74) is 1.22. The van der Waals surface area contributed by atoms with Crippen molar-refractivity contribution in [2.24, 2.45) is 4.99 Å². The quantitative estimate of drug-likeness (QED) is 0.653. The predicted molar refractivity (Wildman–Crippen MR) is 88.8 cm³/mol. The Labute approximate surface area is 138 Å². The molecule has 2 heterocycles. The number of hydrogen-bond donors (Lipinski definition) is 0. The van der Waals surface area contributed by atoms with Gasteiger partial charge in [-0.2, -0.15) is 4.99 Å². The number of thiazole rings is 1. The third-order valence-corrected chi connectivity index (χ3v) is 4.54. The lowest BCUT2D eigenvalue weighted by molar-refractivity contribution is 0.0989. The zero-order chi connectivity index (χ0) is 15.7. The summed E-state index contributed by atoms with van der Waals surface area (Å²) in [5.74, 6) is 0.165. The van der Waals surface area contributed by atoms with E-state index in [-0.39, 0.29) is 5.69 Å². The van der Waals surface area contributed by atoms with E-state index in [9.17, 15) is 4.79 Å². The van der Waals surface area contributed by atoms with Crippen molar-refractivity contribution in [1.82, 2.24) is 9.72 Å². The third-order valence-electron chi connectivity index (χ3n) is 3.00. The fourth-order valence-corrected chi connectivity index (χ4v) is 3.64. The van der Waals surface area contributed by atoms with Gasteiger partial charge in [-0.15, -0.1) is 6.58 Å². The van der Waals surface area contributed by atoms with Crippen LogP contribution in [0.1, 0.15) is 16.2 Å². The van der Waals surface area contributed by atoms with Crippen LogP contribution in [0.2, 0.25) is 0 Å². The van der Waals surface area contributed by atoms with Crippen molar-refractivity contribution in [3.05, 3.63) is 57.6 Å². The van der Waals surface area contributed by atoms with Crippen LogP contribution >= 0.6 is 27.3 Å². The standard InChI is InChI=1S/C15H12BrN3O2S/c1-3-6-19-12-5-4-10(16)8-13(12)22-15(19)17-14(20)11-7-9(2)21-18-11/h3-5,7-8H,1,6H2,2H3. The molecule has 3 aromatic rings. The molecule has 0 N–H and O–H groups in total. The highest BCUT2D eigenvalue weighted by molar-refractivity contribution is 9.10. The summed E-state index contributed by atoms with van der Waals surface area (Å²) in [6.45, 7) is 6.07. The van der Waals surface area contributed by atoms with Gasteiger partial charge in [0.15, 0.2) is 10.5 Å². The van der Waals surface area contributed by atoms with Crippen LogP contribution in [0, 0.1) is 6.92 Å². The highest BCUT2D eigenvalue weighted by Gasteiger charge is 2.12. The average molecular weight is 378 g/mol. The predicted octanol–water partition coefficient (Wildman–Crippen LogP) is 3.69. The molecule has 0 unspecified atom stereocenters. The normalized spacial score (nSPS) is 12.0. The summed E-state index contributed by atoms with van der Waals surface area (Å²) in [6.07, 6.45) is 1.78. The second-order valence-electron chi connectivity index (χ2n) is 4.64. The number of halogens is 1. The van der Waals surface area contributed by atoms with E-state index in [2.05, 4.69) is 32.7 Å². The minimum Gasteiger partial charge on any atom is -0.361 e. The number of aromatic nitrogens is 2. The van der Waals surface area contributed by atoms with Crippen molar-refractivity contribution in [3.63, 3.8) is 0 Å². The van der Waals surface area contributed by atoms with E-state index in [0.717, 1.165) is 14.7 Å². The number of rotatable bonds is 3. The second-order valence-corrected chi connectivity index (χ2v) is 6.56. The second kappa shape index (κ2) is 6.02. The Kier molecular flexibility index (Phi) is 4.08. The van der Waals surface area contributed by atoms with E-state index in [4.69, 9.17) is 4.52 Å². The molecule has 0 aliphatic rings. The largest absolute Gasteiger partial charge is 0.361 e. The van der Waals surface area contributed by atoms with E-state index in [1.54, 1.807) is 19.1 Å². The molecule has 22 heavy (non-hydrogen) atoms. The van der Waals surface area contributed by atoms with Crippen LogP contribution in [0.25, 0.3) is 10.2 Å². The third kappa shape index (κ3) is 2.82. The molecule has 0 saturated heterocycles. The first-order valence-corrected chi connectivity index (χ1v) is 8.11. The molecular formula is C15H12BrN3O2S. The van der Waals surface area contributed by atoms with Gasteiger partial charge in [0, 0.05) is 17.1 Å². The number of fused-ring (bicyclic) bond motifs is 1. The maximum atomic E-state index is 12.2. The lowest BCUT2D eigenvalue weighted by Gasteiger charge is -2.00. The minimum atomic E-state index is -0.416. The zero-order valence-electron chi connectivity index (χ0n) is 11.7. The topological polar surface area (TPSA) is 60.4 Å².